The van der Waals surface area contributed by atoms with E-state index in [2.05, 4.69) is 14.6 Å². The van der Waals surface area contributed by atoms with Crippen LogP contribution in [0.1, 0.15) is 12.8 Å². The van der Waals surface area contributed by atoms with E-state index in [0.717, 1.165) is 48.6 Å². The first-order valence-electron chi connectivity index (χ1n) is 10.3. The zero-order valence-corrected chi connectivity index (χ0v) is 18.8. The van der Waals surface area contributed by atoms with Crippen LogP contribution >= 0.6 is 11.3 Å². The molecule has 1 fully saturated rings. The number of pyridine rings is 1. The molecule has 32 heavy (non-hydrogen) atoms. The number of aromatic nitrogens is 1. The molecule has 1 saturated heterocycles. The predicted octanol–water partition coefficient (Wildman–Crippen LogP) is 3.91. The van der Waals surface area contributed by atoms with E-state index in [9.17, 15) is 17.2 Å². The molecule has 3 aromatic rings. The van der Waals surface area contributed by atoms with Gasteiger partial charge in [0.25, 0.3) is 0 Å². The third-order valence-corrected chi connectivity index (χ3v) is 8.27. The number of piperidine rings is 1. The lowest BCUT2D eigenvalue weighted by molar-refractivity contribution is 0.101. The van der Waals surface area contributed by atoms with Crippen molar-refractivity contribution in [1.29, 1.82) is 0 Å². The number of hydrogen-bond acceptors (Lipinski definition) is 6. The largest absolute Gasteiger partial charge is 0.490 e. The second-order valence-electron chi connectivity index (χ2n) is 7.47. The normalized spacial score (nSPS) is 15.7. The average molecular weight is 480 g/mol. The maximum atomic E-state index is 13.3. The lowest BCUT2D eigenvalue weighted by Gasteiger charge is -2.32. The molecule has 1 aliphatic rings. The number of ether oxygens (including phenoxy) is 1. The molecule has 170 valence electrons. The fourth-order valence-corrected chi connectivity index (χ4v) is 5.86. The first kappa shape index (κ1) is 22.8. The number of hydrogen-bond donors (Lipinski definition) is 1. The van der Waals surface area contributed by atoms with Gasteiger partial charge in [0.05, 0.1) is 10.6 Å². The molecular formula is C22H23F2N3O3S2. The quantitative estimate of drug-likeness (QED) is 0.531. The Labute approximate surface area is 189 Å². The molecule has 0 unspecified atom stereocenters. The summed E-state index contributed by atoms with van der Waals surface area (Å²) in [5.41, 5.74) is 0.743. The van der Waals surface area contributed by atoms with E-state index >= 15 is 0 Å². The number of thiophene rings is 1. The maximum absolute atomic E-state index is 13.3. The molecule has 1 aliphatic heterocycles. The highest BCUT2D eigenvalue weighted by Crippen LogP contribution is 2.29. The molecule has 2 aromatic heterocycles. The minimum absolute atomic E-state index is 0.0797. The molecule has 0 spiro atoms. The molecule has 4 rings (SSSR count). The van der Waals surface area contributed by atoms with Crippen LogP contribution in [0.2, 0.25) is 0 Å². The lowest BCUT2D eigenvalue weighted by atomic mass is 10.1. The van der Waals surface area contributed by atoms with Crippen LogP contribution < -0.4 is 9.46 Å². The van der Waals surface area contributed by atoms with Crippen LogP contribution in [0.15, 0.2) is 58.9 Å². The summed E-state index contributed by atoms with van der Waals surface area (Å²) in [5, 5.41) is 0. The van der Waals surface area contributed by atoms with Gasteiger partial charge in [-0.25, -0.2) is 21.9 Å². The first-order chi connectivity index (χ1) is 15.4. The molecule has 0 saturated carbocycles. The van der Waals surface area contributed by atoms with Crippen LogP contribution in [0.5, 0.6) is 5.75 Å². The van der Waals surface area contributed by atoms with Crippen molar-refractivity contribution in [3.63, 3.8) is 0 Å². The number of sulfonamides is 1. The van der Waals surface area contributed by atoms with Gasteiger partial charge in [-0.2, -0.15) is 0 Å². The molecule has 0 atom stereocenters. The van der Waals surface area contributed by atoms with Crippen molar-refractivity contribution in [3.8, 4) is 16.3 Å². The smallest absolute Gasteiger partial charge is 0.250 e. The summed E-state index contributed by atoms with van der Waals surface area (Å²) in [5.74, 6) is -1.51. The predicted molar refractivity (Wildman–Crippen MR) is 119 cm³/mol. The fourth-order valence-electron chi connectivity index (χ4n) is 3.51. The van der Waals surface area contributed by atoms with E-state index in [1.54, 1.807) is 18.3 Å². The van der Waals surface area contributed by atoms with E-state index in [-0.39, 0.29) is 10.3 Å². The van der Waals surface area contributed by atoms with Crippen LogP contribution in [0, 0.1) is 11.6 Å². The lowest BCUT2D eigenvalue weighted by Crippen LogP contribution is -2.42. The number of likely N-dealkylation sites (tertiary alicyclic amines) is 1. The molecular weight excluding hydrogens is 456 g/mol. The molecule has 6 nitrogen and oxygen atoms in total. The monoisotopic (exact) mass is 479 g/mol. The standard InChI is InChI=1S/C22H23F2N3O3S2/c23-18-5-4-17(15-19(18)24)30-16-8-12-27(13-9-16)14-11-26-32(28,29)22-7-6-21(31-22)20-3-1-2-10-25-20/h1-7,10,15-16,26H,8-9,11-14H2. The van der Waals surface area contributed by atoms with Crippen molar-refractivity contribution < 1.29 is 21.9 Å². The van der Waals surface area contributed by atoms with Crippen LogP contribution in [-0.2, 0) is 10.0 Å². The average Bonchev–Trinajstić information content (AvgIpc) is 3.30. The van der Waals surface area contributed by atoms with Gasteiger partial charge in [0, 0.05) is 38.4 Å². The van der Waals surface area contributed by atoms with Gasteiger partial charge in [0.15, 0.2) is 11.6 Å². The highest BCUT2D eigenvalue weighted by molar-refractivity contribution is 7.91. The first-order valence-corrected chi connectivity index (χ1v) is 12.6. The van der Waals surface area contributed by atoms with Gasteiger partial charge >= 0.3 is 0 Å². The molecule has 3 heterocycles. The van der Waals surface area contributed by atoms with E-state index in [0.29, 0.717) is 18.8 Å². The third kappa shape index (κ3) is 5.69. The summed E-state index contributed by atoms with van der Waals surface area (Å²) in [7, 11) is -3.58. The molecule has 10 heteroatoms. The van der Waals surface area contributed by atoms with Crippen molar-refractivity contribution in [2.75, 3.05) is 26.2 Å². The molecule has 1 aromatic carbocycles. The molecule has 0 radical (unpaired) electrons. The molecule has 0 aliphatic carbocycles. The third-order valence-electron chi connectivity index (χ3n) is 5.21. The molecule has 0 amide bonds. The number of benzene rings is 1. The van der Waals surface area contributed by atoms with Gasteiger partial charge in [-0.05, 0) is 49.2 Å². The highest BCUT2D eigenvalue weighted by Gasteiger charge is 2.22. The Bertz CT molecular complexity index is 1150. The Hall–Kier alpha value is -2.40. The second kappa shape index (κ2) is 10.0. The van der Waals surface area contributed by atoms with Gasteiger partial charge in [0.1, 0.15) is 16.1 Å². The van der Waals surface area contributed by atoms with Crippen LogP contribution in [0.3, 0.4) is 0 Å². The Morgan fingerprint density at radius 1 is 1.09 bits per heavy atom. The number of nitrogens with zero attached hydrogens (tertiary/aromatic N) is 2. The van der Waals surface area contributed by atoms with Crippen molar-refractivity contribution >= 4 is 21.4 Å². The number of nitrogens with one attached hydrogen (secondary N) is 1. The van der Waals surface area contributed by atoms with Crippen molar-refractivity contribution in [2.24, 2.45) is 0 Å². The van der Waals surface area contributed by atoms with E-state index in [1.165, 1.54) is 17.4 Å². The van der Waals surface area contributed by atoms with Gasteiger partial charge in [0.2, 0.25) is 10.0 Å². The summed E-state index contributed by atoms with van der Waals surface area (Å²) in [4.78, 5) is 7.21. The van der Waals surface area contributed by atoms with Crippen molar-refractivity contribution in [1.82, 2.24) is 14.6 Å². The van der Waals surface area contributed by atoms with Gasteiger partial charge in [-0.15, -0.1) is 11.3 Å². The number of halogens is 2. The fraction of sp³-hybridized carbons (Fsp3) is 0.318. The molecule has 0 bridgehead atoms. The van der Waals surface area contributed by atoms with Crippen molar-refractivity contribution in [3.05, 3.63) is 66.4 Å². The van der Waals surface area contributed by atoms with Gasteiger partial charge in [-0.3, -0.25) is 4.98 Å². The second-order valence-corrected chi connectivity index (χ2v) is 10.5. The van der Waals surface area contributed by atoms with Crippen LogP contribution in [-0.4, -0.2) is 50.6 Å². The number of rotatable bonds is 8. The van der Waals surface area contributed by atoms with Gasteiger partial charge in [-0.1, -0.05) is 6.07 Å². The topological polar surface area (TPSA) is 71.5 Å². The van der Waals surface area contributed by atoms with Gasteiger partial charge < -0.3 is 9.64 Å². The Morgan fingerprint density at radius 3 is 2.62 bits per heavy atom. The Kier molecular flexibility index (Phi) is 7.14. The highest BCUT2D eigenvalue weighted by atomic mass is 32.2. The summed E-state index contributed by atoms with van der Waals surface area (Å²) >= 11 is 1.19. The van der Waals surface area contributed by atoms with Crippen LogP contribution in [0.25, 0.3) is 10.6 Å². The Balaban J connectivity index is 1.23. The molecule has 1 N–H and O–H groups in total. The van der Waals surface area contributed by atoms with Crippen LogP contribution in [0.4, 0.5) is 8.78 Å². The Morgan fingerprint density at radius 2 is 1.91 bits per heavy atom. The van der Waals surface area contributed by atoms with Crippen molar-refractivity contribution in [2.45, 2.75) is 23.2 Å². The van der Waals surface area contributed by atoms with E-state index in [4.69, 9.17) is 4.74 Å². The summed E-state index contributed by atoms with van der Waals surface area (Å²) in [6.07, 6.45) is 3.05. The SMILES string of the molecule is O=S(=O)(NCCN1CCC(Oc2ccc(F)c(F)c2)CC1)c1ccc(-c2ccccn2)s1. The van der Waals surface area contributed by atoms with E-state index < -0.39 is 21.7 Å². The zero-order chi connectivity index (χ0) is 22.6. The summed E-state index contributed by atoms with van der Waals surface area (Å²) in [6, 6.07) is 12.4. The maximum Gasteiger partial charge on any atom is 0.250 e. The minimum Gasteiger partial charge on any atom is -0.490 e. The minimum atomic E-state index is -3.58. The summed E-state index contributed by atoms with van der Waals surface area (Å²) in [6.45, 7) is 2.35. The summed E-state index contributed by atoms with van der Waals surface area (Å²) < 4.78 is 60.2. The van der Waals surface area contributed by atoms with E-state index in [1.807, 2.05) is 18.2 Å². The zero-order valence-electron chi connectivity index (χ0n) is 17.2.